The van der Waals surface area contributed by atoms with Crippen LogP contribution in [0.4, 0.5) is 27.3 Å². The zero-order valence-electron chi connectivity index (χ0n) is 10.5. The van der Waals surface area contributed by atoms with Crippen LogP contribution in [-0.4, -0.2) is 15.2 Å². The van der Waals surface area contributed by atoms with Gasteiger partial charge < -0.3 is 5.73 Å². The minimum Gasteiger partial charge on any atom is -0.397 e. The number of anilines is 4. The van der Waals surface area contributed by atoms with Crippen LogP contribution < -0.4 is 10.6 Å². The molecule has 6 heteroatoms. The van der Waals surface area contributed by atoms with Gasteiger partial charge in [0, 0.05) is 12.4 Å². The Balaban J connectivity index is 2.16. The maximum absolute atomic E-state index is 13.2. The SMILES string of the molecule is Nc1cc(F)ccc1N(c1cn[nH]c1)c1ccccn1. The van der Waals surface area contributed by atoms with Gasteiger partial charge in [-0.3, -0.25) is 10.00 Å². The fourth-order valence-electron chi connectivity index (χ4n) is 1.98. The van der Waals surface area contributed by atoms with E-state index < -0.39 is 0 Å². The molecule has 2 heterocycles. The van der Waals surface area contributed by atoms with E-state index >= 15 is 0 Å². The molecule has 0 spiro atoms. The predicted octanol–water partition coefficient (Wildman–Crippen LogP) is 3.00. The third-order valence-corrected chi connectivity index (χ3v) is 2.85. The van der Waals surface area contributed by atoms with Crippen LogP contribution in [0.2, 0.25) is 0 Å². The lowest BCUT2D eigenvalue weighted by Crippen LogP contribution is -2.12. The summed E-state index contributed by atoms with van der Waals surface area (Å²) in [6.45, 7) is 0. The number of nitrogen functional groups attached to an aromatic ring is 1. The summed E-state index contributed by atoms with van der Waals surface area (Å²) in [5, 5.41) is 6.68. The molecule has 0 amide bonds. The number of pyridine rings is 1. The van der Waals surface area contributed by atoms with Gasteiger partial charge in [-0.2, -0.15) is 5.10 Å². The van der Waals surface area contributed by atoms with E-state index in [1.807, 2.05) is 18.2 Å². The zero-order chi connectivity index (χ0) is 13.9. The van der Waals surface area contributed by atoms with Gasteiger partial charge in [-0.25, -0.2) is 9.37 Å². The Kier molecular flexibility index (Phi) is 3.04. The number of halogens is 1. The van der Waals surface area contributed by atoms with Crippen molar-refractivity contribution in [3.05, 3.63) is 60.8 Å². The first kappa shape index (κ1) is 12.2. The van der Waals surface area contributed by atoms with Crippen LogP contribution >= 0.6 is 0 Å². The third-order valence-electron chi connectivity index (χ3n) is 2.85. The van der Waals surface area contributed by atoms with Crippen molar-refractivity contribution in [3.8, 4) is 0 Å². The molecule has 100 valence electrons. The number of aromatic nitrogens is 3. The van der Waals surface area contributed by atoms with E-state index in [1.165, 1.54) is 12.1 Å². The average Bonchev–Trinajstić information content (AvgIpc) is 2.97. The first-order valence-electron chi connectivity index (χ1n) is 6.00. The van der Waals surface area contributed by atoms with Crippen LogP contribution in [0.15, 0.2) is 55.0 Å². The lowest BCUT2D eigenvalue weighted by molar-refractivity contribution is 0.628. The van der Waals surface area contributed by atoms with Crippen molar-refractivity contribution < 1.29 is 4.39 Å². The summed E-state index contributed by atoms with van der Waals surface area (Å²) in [4.78, 5) is 6.11. The number of H-pyrrole nitrogens is 1. The highest BCUT2D eigenvalue weighted by atomic mass is 19.1. The van der Waals surface area contributed by atoms with Gasteiger partial charge in [0.1, 0.15) is 11.6 Å². The molecule has 3 aromatic rings. The quantitative estimate of drug-likeness (QED) is 0.717. The Hall–Kier alpha value is -2.89. The lowest BCUT2D eigenvalue weighted by atomic mass is 10.2. The number of rotatable bonds is 3. The molecule has 0 aliphatic carbocycles. The van der Waals surface area contributed by atoms with Crippen LogP contribution in [0.1, 0.15) is 0 Å². The van der Waals surface area contributed by atoms with E-state index in [0.29, 0.717) is 17.2 Å². The van der Waals surface area contributed by atoms with Crippen LogP contribution in [-0.2, 0) is 0 Å². The minimum atomic E-state index is -0.376. The van der Waals surface area contributed by atoms with Crippen molar-refractivity contribution in [2.45, 2.75) is 0 Å². The fourth-order valence-corrected chi connectivity index (χ4v) is 1.98. The van der Waals surface area contributed by atoms with Gasteiger partial charge in [-0.05, 0) is 30.3 Å². The summed E-state index contributed by atoms with van der Waals surface area (Å²) in [5.74, 6) is 0.298. The molecule has 0 saturated carbocycles. The molecule has 0 radical (unpaired) electrons. The Bertz CT molecular complexity index is 697. The Morgan fingerprint density at radius 2 is 2.10 bits per heavy atom. The van der Waals surface area contributed by atoms with Crippen LogP contribution in [0, 0.1) is 5.82 Å². The first-order chi connectivity index (χ1) is 9.75. The summed E-state index contributed by atoms with van der Waals surface area (Å²) < 4.78 is 13.2. The number of aromatic amines is 1. The molecule has 0 aliphatic rings. The van der Waals surface area contributed by atoms with Gasteiger partial charge in [0.05, 0.1) is 23.3 Å². The van der Waals surface area contributed by atoms with Crippen LogP contribution in [0.25, 0.3) is 0 Å². The van der Waals surface area contributed by atoms with Crippen molar-refractivity contribution in [2.24, 2.45) is 0 Å². The number of nitrogens with zero attached hydrogens (tertiary/aromatic N) is 3. The molecule has 2 aromatic heterocycles. The maximum atomic E-state index is 13.2. The second kappa shape index (κ2) is 5.00. The average molecular weight is 269 g/mol. The Morgan fingerprint density at radius 3 is 2.75 bits per heavy atom. The minimum absolute atomic E-state index is 0.330. The maximum Gasteiger partial charge on any atom is 0.137 e. The van der Waals surface area contributed by atoms with E-state index in [9.17, 15) is 4.39 Å². The van der Waals surface area contributed by atoms with Crippen molar-refractivity contribution in [1.29, 1.82) is 0 Å². The number of nitrogens with two attached hydrogens (primary N) is 1. The van der Waals surface area contributed by atoms with E-state index in [-0.39, 0.29) is 5.82 Å². The monoisotopic (exact) mass is 269 g/mol. The third kappa shape index (κ3) is 2.18. The molecule has 0 fully saturated rings. The highest BCUT2D eigenvalue weighted by molar-refractivity contribution is 5.81. The van der Waals surface area contributed by atoms with E-state index in [2.05, 4.69) is 15.2 Å². The van der Waals surface area contributed by atoms with Crippen molar-refractivity contribution in [1.82, 2.24) is 15.2 Å². The Morgan fingerprint density at radius 1 is 1.20 bits per heavy atom. The second-order valence-electron chi connectivity index (χ2n) is 4.18. The number of hydrogen-bond donors (Lipinski definition) is 2. The number of benzene rings is 1. The fraction of sp³-hybridized carbons (Fsp3) is 0. The molecule has 3 N–H and O–H groups in total. The largest absolute Gasteiger partial charge is 0.397 e. The van der Waals surface area contributed by atoms with Crippen molar-refractivity contribution in [3.63, 3.8) is 0 Å². The number of nitrogens with one attached hydrogen (secondary N) is 1. The molecule has 0 saturated heterocycles. The topological polar surface area (TPSA) is 70.8 Å². The Labute approximate surface area is 114 Å². The lowest BCUT2D eigenvalue weighted by Gasteiger charge is -2.23. The highest BCUT2D eigenvalue weighted by Gasteiger charge is 2.16. The number of hydrogen-bond acceptors (Lipinski definition) is 4. The molecule has 20 heavy (non-hydrogen) atoms. The van der Waals surface area contributed by atoms with Crippen LogP contribution in [0.5, 0.6) is 0 Å². The molecular weight excluding hydrogens is 257 g/mol. The van der Waals surface area contributed by atoms with E-state index in [4.69, 9.17) is 5.73 Å². The molecule has 0 unspecified atom stereocenters. The highest BCUT2D eigenvalue weighted by Crippen LogP contribution is 2.36. The smallest absolute Gasteiger partial charge is 0.137 e. The molecule has 5 nitrogen and oxygen atoms in total. The van der Waals surface area contributed by atoms with Gasteiger partial charge in [0.25, 0.3) is 0 Å². The van der Waals surface area contributed by atoms with Crippen molar-refractivity contribution >= 4 is 22.9 Å². The van der Waals surface area contributed by atoms with Gasteiger partial charge in [-0.1, -0.05) is 6.07 Å². The molecular formula is C14H12FN5. The normalized spacial score (nSPS) is 10.4. The van der Waals surface area contributed by atoms with Gasteiger partial charge in [0.2, 0.25) is 0 Å². The van der Waals surface area contributed by atoms with Gasteiger partial charge in [0.15, 0.2) is 0 Å². The summed E-state index contributed by atoms with van der Waals surface area (Å²) in [7, 11) is 0. The van der Waals surface area contributed by atoms with Gasteiger partial charge in [-0.15, -0.1) is 0 Å². The van der Waals surface area contributed by atoms with Crippen LogP contribution in [0.3, 0.4) is 0 Å². The molecule has 0 aliphatic heterocycles. The summed E-state index contributed by atoms with van der Waals surface area (Å²) in [5.41, 5.74) is 7.67. The van der Waals surface area contributed by atoms with E-state index in [1.54, 1.807) is 29.6 Å². The summed E-state index contributed by atoms with van der Waals surface area (Å²) in [6, 6.07) is 9.80. The standard InChI is InChI=1S/C14H12FN5/c15-10-4-5-13(12(16)7-10)20(11-8-18-19-9-11)14-3-1-2-6-17-14/h1-9H,16H2,(H,18,19). The molecule has 3 rings (SSSR count). The predicted molar refractivity (Wildman–Crippen MR) is 75.4 cm³/mol. The molecule has 1 aromatic carbocycles. The zero-order valence-corrected chi connectivity index (χ0v) is 10.5. The molecule has 0 bridgehead atoms. The second-order valence-corrected chi connectivity index (χ2v) is 4.18. The van der Waals surface area contributed by atoms with Crippen molar-refractivity contribution in [2.75, 3.05) is 10.6 Å². The first-order valence-corrected chi connectivity index (χ1v) is 6.00. The molecule has 0 atom stereocenters. The van der Waals surface area contributed by atoms with E-state index in [0.717, 1.165) is 5.69 Å². The summed E-state index contributed by atoms with van der Waals surface area (Å²) >= 11 is 0. The summed E-state index contributed by atoms with van der Waals surface area (Å²) in [6.07, 6.45) is 5.05. The van der Waals surface area contributed by atoms with Gasteiger partial charge >= 0.3 is 0 Å².